The molecule has 0 saturated heterocycles. The van der Waals surface area contributed by atoms with Crippen LogP contribution in [-0.4, -0.2) is 35.2 Å². The summed E-state index contributed by atoms with van der Waals surface area (Å²) in [7, 11) is -2.44. The fourth-order valence-corrected chi connectivity index (χ4v) is 5.75. The first-order valence-corrected chi connectivity index (χ1v) is 16.7. The van der Waals surface area contributed by atoms with Crippen LogP contribution in [0.2, 0.25) is 45.3 Å². The zero-order chi connectivity index (χ0) is 18.4. The van der Waals surface area contributed by atoms with Crippen LogP contribution in [0.25, 0.3) is 0 Å². The van der Waals surface area contributed by atoms with Crippen LogP contribution in [0.4, 0.5) is 0 Å². The third-order valence-corrected chi connectivity index (χ3v) is 6.77. The Balaban J connectivity index is 2.33. The molecule has 0 aromatic rings. The molecule has 0 aromatic heterocycles. The van der Waals surface area contributed by atoms with Crippen molar-refractivity contribution >= 4 is 16.4 Å². The minimum atomic E-state index is -1.41. The highest BCUT2D eigenvalue weighted by molar-refractivity contribution is 6.76. The predicted molar refractivity (Wildman–Crippen MR) is 112 cm³/mol. The third kappa shape index (κ3) is 10.6. The zero-order valence-corrected chi connectivity index (χ0v) is 19.2. The predicted octanol–water partition coefficient (Wildman–Crippen LogP) is 6.25. The molecule has 140 valence electrons. The van der Waals surface area contributed by atoms with Gasteiger partial charge in [0.2, 0.25) is 0 Å². The molecule has 1 aliphatic rings. The lowest BCUT2D eigenvalue weighted by molar-refractivity contribution is -0.0144. The van der Waals surface area contributed by atoms with Crippen molar-refractivity contribution in [2.24, 2.45) is 5.92 Å². The summed E-state index contributed by atoms with van der Waals surface area (Å²) < 4.78 is 12.2. The number of allylic oxidation sites excluding steroid dienone is 1. The first kappa shape index (κ1) is 21.9. The molecule has 0 aromatic carbocycles. The van der Waals surface area contributed by atoms with Crippen molar-refractivity contribution in [1.29, 1.82) is 0 Å². The third-order valence-electron chi connectivity index (χ3n) is 4.14. The van der Waals surface area contributed by atoms with Crippen LogP contribution in [-0.2, 0) is 9.16 Å². The van der Waals surface area contributed by atoms with Gasteiger partial charge in [-0.3, -0.25) is 0 Å². The Bertz CT molecular complexity index is 418. The van der Waals surface area contributed by atoms with E-state index in [1.54, 1.807) is 0 Å². The van der Waals surface area contributed by atoms with Crippen LogP contribution >= 0.6 is 0 Å². The molecular formula is C20H40O2Si2. The molecule has 0 N–H and O–H groups in total. The van der Waals surface area contributed by atoms with Gasteiger partial charge in [0.1, 0.15) is 0 Å². The molecule has 1 rings (SSSR count). The summed E-state index contributed by atoms with van der Waals surface area (Å²) in [5.74, 6) is 0.657. The molecule has 2 nitrogen and oxygen atoms in total. The average molecular weight is 369 g/mol. The van der Waals surface area contributed by atoms with Crippen molar-refractivity contribution in [2.75, 3.05) is 6.61 Å². The maximum Gasteiger partial charge on any atom is 0.183 e. The molecule has 0 fully saturated rings. The van der Waals surface area contributed by atoms with Crippen molar-refractivity contribution < 1.29 is 9.16 Å². The minimum absolute atomic E-state index is 0.234. The second-order valence-electron chi connectivity index (χ2n) is 9.74. The highest BCUT2D eigenvalue weighted by Crippen LogP contribution is 2.27. The smallest absolute Gasteiger partial charge is 0.183 e. The van der Waals surface area contributed by atoms with Crippen LogP contribution in [0, 0.1) is 5.92 Å². The SMILES string of the molecule is C=C(C[C@@H](C)C[C@@H]1CC=C[C@@H](CCO[Si](C)(C)C)O1)C[Si](C)(C)C. The van der Waals surface area contributed by atoms with E-state index < -0.39 is 16.4 Å². The van der Waals surface area contributed by atoms with Crippen molar-refractivity contribution in [3.63, 3.8) is 0 Å². The fourth-order valence-electron chi connectivity index (χ4n) is 3.37. The van der Waals surface area contributed by atoms with Crippen molar-refractivity contribution in [1.82, 2.24) is 0 Å². The van der Waals surface area contributed by atoms with E-state index in [0.29, 0.717) is 12.0 Å². The first-order valence-electron chi connectivity index (χ1n) is 9.57. The lowest BCUT2D eigenvalue weighted by Gasteiger charge is -2.29. The number of hydrogen-bond acceptors (Lipinski definition) is 2. The molecule has 0 unspecified atom stereocenters. The van der Waals surface area contributed by atoms with Gasteiger partial charge in [-0.15, -0.1) is 6.58 Å². The lowest BCUT2D eigenvalue weighted by Crippen LogP contribution is -2.30. The Morgan fingerprint density at radius 1 is 1.25 bits per heavy atom. The van der Waals surface area contributed by atoms with Gasteiger partial charge in [-0.05, 0) is 57.3 Å². The molecule has 1 heterocycles. The normalized spacial score (nSPS) is 23.3. The Morgan fingerprint density at radius 3 is 2.50 bits per heavy atom. The minimum Gasteiger partial charge on any atom is -0.418 e. The van der Waals surface area contributed by atoms with Crippen LogP contribution in [0.15, 0.2) is 24.3 Å². The summed E-state index contributed by atoms with van der Waals surface area (Å²) >= 11 is 0. The van der Waals surface area contributed by atoms with Gasteiger partial charge in [0, 0.05) is 14.7 Å². The van der Waals surface area contributed by atoms with Gasteiger partial charge >= 0.3 is 0 Å². The van der Waals surface area contributed by atoms with Gasteiger partial charge in [0.05, 0.1) is 12.2 Å². The van der Waals surface area contributed by atoms with E-state index in [1.165, 1.54) is 11.6 Å². The van der Waals surface area contributed by atoms with E-state index in [4.69, 9.17) is 9.16 Å². The van der Waals surface area contributed by atoms with Crippen molar-refractivity contribution in [3.8, 4) is 0 Å². The summed E-state index contributed by atoms with van der Waals surface area (Å²) in [6.45, 7) is 21.5. The average Bonchev–Trinajstić information content (AvgIpc) is 2.34. The molecule has 0 spiro atoms. The molecule has 0 radical (unpaired) electrons. The Kier molecular flexibility index (Phi) is 8.67. The monoisotopic (exact) mass is 368 g/mol. The Labute approximate surface area is 152 Å². The van der Waals surface area contributed by atoms with Crippen LogP contribution in [0.3, 0.4) is 0 Å². The summed E-state index contributed by atoms with van der Waals surface area (Å²) in [6, 6.07) is 1.25. The molecule has 0 amide bonds. The quantitative estimate of drug-likeness (QED) is 0.335. The fraction of sp³-hybridized carbons (Fsp3) is 0.800. The lowest BCUT2D eigenvalue weighted by atomic mass is 9.94. The van der Waals surface area contributed by atoms with E-state index in [9.17, 15) is 0 Å². The van der Waals surface area contributed by atoms with E-state index in [-0.39, 0.29) is 6.10 Å². The zero-order valence-electron chi connectivity index (χ0n) is 17.2. The van der Waals surface area contributed by atoms with Crippen molar-refractivity contribution in [2.45, 2.75) is 90.1 Å². The standard InChI is InChI=1S/C20H40O2Si2/c1-17(14-18(2)16-23(3,4)5)15-20-11-9-10-19(22-20)12-13-21-24(6,7)8/h9-10,17,19-20H,2,11-16H2,1,3-8H3/t17-,19+,20+/m1/s1. The van der Waals surface area contributed by atoms with Gasteiger partial charge in [0.15, 0.2) is 8.32 Å². The summed E-state index contributed by atoms with van der Waals surface area (Å²) in [6.07, 6.45) is 9.44. The number of rotatable bonds is 10. The molecule has 0 bridgehead atoms. The van der Waals surface area contributed by atoms with Gasteiger partial charge in [-0.2, -0.15) is 0 Å². The van der Waals surface area contributed by atoms with Crippen LogP contribution < -0.4 is 0 Å². The van der Waals surface area contributed by atoms with Gasteiger partial charge in [0.25, 0.3) is 0 Å². The van der Waals surface area contributed by atoms with E-state index >= 15 is 0 Å². The maximum absolute atomic E-state index is 6.28. The Morgan fingerprint density at radius 2 is 1.92 bits per heavy atom. The largest absolute Gasteiger partial charge is 0.418 e. The Hall–Kier alpha value is -0.166. The van der Waals surface area contributed by atoms with Gasteiger partial charge in [-0.25, -0.2) is 0 Å². The molecule has 0 aliphatic carbocycles. The van der Waals surface area contributed by atoms with Gasteiger partial charge < -0.3 is 9.16 Å². The second-order valence-corrected chi connectivity index (χ2v) is 19.7. The molecule has 4 heteroatoms. The molecular weight excluding hydrogens is 328 g/mol. The topological polar surface area (TPSA) is 18.5 Å². The van der Waals surface area contributed by atoms with Crippen LogP contribution in [0.5, 0.6) is 0 Å². The second kappa shape index (κ2) is 9.51. The van der Waals surface area contributed by atoms with E-state index in [0.717, 1.165) is 32.3 Å². The maximum atomic E-state index is 6.28. The highest BCUT2D eigenvalue weighted by Gasteiger charge is 2.22. The molecule has 3 atom stereocenters. The summed E-state index contributed by atoms with van der Waals surface area (Å²) in [4.78, 5) is 0. The van der Waals surface area contributed by atoms with Crippen molar-refractivity contribution in [3.05, 3.63) is 24.3 Å². The summed E-state index contributed by atoms with van der Waals surface area (Å²) in [5.41, 5.74) is 1.44. The molecule has 0 saturated carbocycles. The summed E-state index contributed by atoms with van der Waals surface area (Å²) in [5, 5.41) is 0. The number of ether oxygens (including phenoxy) is 1. The van der Waals surface area contributed by atoms with E-state index in [2.05, 4.69) is 64.9 Å². The molecule has 24 heavy (non-hydrogen) atoms. The first-order chi connectivity index (χ1) is 10.9. The van der Waals surface area contributed by atoms with Crippen LogP contribution in [0.1, 0.15) is 32.6 Å². The van der Waals surface area contributed by atoms with Gasteiger partial charge in [-0.1, -0.05) is 44.3 Å². The highest BCUT2D eigenvalue weighted by atomic mass is 28.4. The van der Waals surface area contributed by atoms with E-state index in [1.807, 2.05) is 0 Å². The number of hydrogen-bond donors (Lipinski definition) is 0. The molecule has 1 aliphatic heterocycles.